The van der Waals surface area contributed by atoms with E-state index in [4.69, 9.17) is 14.6 Å². The minimum atomic E-state index is -0.615. The van der Waals surface area contributed by atoms with Crippen LogP contribution in [0.5, 0.6) is 11.6 Å². The zero-order chi connectivity index (χ0) is 23.9. The largest absolute Gasteiger partial charge is 0.438 e. The summed E-state index contributed by atoms with van der Waals surface area (Å²) in [6, 6.07) is 15.8. The highest BCUT2D eigenvalue weighted by molar-refractivity contribution is 5.43. The van der Waals surface area contributed by atoms with E-state index in [9.17, 15) is 9.50 Å². The third-order valence-corrected chi connectivity index (χ3v) is 5.76. The predicted octanol–water partition coefficient (Wildman–Crippen LogP) is 4.89. The summed E-state index contributed by atoms with van der Waals surface area (Å²) in [4.78, 5) is 2.23. The molecule has 0 unspecified atom stereocenters. The van der Waals surface area contributed by atoms with Gasteiger partial charge in [0.15, 0.2) is 0 Å². The molecule has 1 atom stereocenters. The van der Waals surface area contributed by atoms with Crippen LogP contribution in [0.2, 0.25) is 0 Å². The van der Waals surface area contributed by atoms with E-state index in [0.717, 1.165) is 23.5 Å². The van der Waals surface area contributed by atoms with Crippen molar-refractivity contribution in [1.29, 1.82) is 0 Å². The van der Waals surface area contributed by atoms with Gasteiger partial charge >= 0.3 is 0 Å². The van der Waals surface area contributed by atoms with Crippen LogP contribution < -0.4 is 4.74 Å². The van der Waals surface area contributed by atoms with Gasteiger partial charge in [-0.1, -0.05) is 30.3 Å². The number of rotatable bonds is 13. The standard InChI is InChI=1S/C27H32FN3O3/c1-3-14-33-19-24(32)17-30(16-21-12-13-21)18-26-20(2)29-31(23-9-5-4-6-10-23)27(26)34-25-11-7-8-22(28)15-25/h3-11,15,21,24,32H,1,12-14,16-19H2,2H3/t24-/m1/s1. The number of nitrogens with zero attached hydrogens (tertiary/aromatic N) is 3. The summed E-state index contributed by atoms with van der Waals surface area (Å²) >= 11 is 0. The van der Waals surface area contributed by atoms with E-state index in [1.807, 2.05) is 37.3 Å². The summed E-state index contributed by atoms with van der Waals surface area (Å²) in [6.07, 6.45) is 3.46. The minimum absolute atomic E-state index is 0.252. The van der Waals surface area contributed by atoms with Crippen molar-refractivity contribution >= 4 is 0 Å². The van der Waals surface area contributed by atoms with Crippen molar-refractivity contribution in [3.8, 4) is 17.3 Å². The first-order valence-electron chi connectivity index (χ1n) is 11.7. The second-order valence-electron chi connectivity index (χ2n) is 8.79. The fourth-order valence-corrected chi connectivity index (χ4v) is 3.94. The summed E-state index contributed by atoms with van der Waals surface area (Å²) in [5.74, 6) is 1.23. The van der Waals surface area contributed by atoms with Gasteiger partial charge in [0.2, 0.25) is 5.88 Å². The quantitative estimate of drug-likeness (QED) is 0.288. The number of aryl methyl sites for hydroxylation is 1. The molecule has 3 aromatic rings. The Morgan fingerprint density at radius 1 is 1.24 bits per heavy atom. The summed E-state index contributed by atoms with van der Waals surface area (Å²) in [7, 11) is 0. The van der Waals surface area contributed by atoms with E-state index >= 15 is 0 Å². The lowest BCUT2D eigenvalue weighted by atomic mass is 10.2. The zero-order valence-electron chi connectivity index (χ0n) is 19.6. The Morgan fingerprint density at radius 3 is 2.74 bits per heavy atom. The van der Waals surface area contributed by atoms with E-state index in [2.05, 4.69) is 11.5 Å². The summed E-state index contributed by atoms with van der Waals surface area (Å²) in [5.41, 5.74) is 2.59. The third kappa shape index (κ3) is 6.53. The van der Waals surface area contributed by atoms with Gasteiger partial charge < -0.3 is 14.6 Å². The molecule has 7 heteroatoms. The number of aliphatic hydroxyl groups is 1. The molecule has 1 heterocycles. The van der Waals surface area contributed by atoms with Crippen LogP contribution in [0.1, 0.15) is 24.1 Å². The predicted molar refractivity (Wildman–Crippen MR) is 130 cm³/mol. The number of benzene rings is 2. The molecule has 4 rings (SSSR count). The van der Waals surface area contributed by atoms with Crippen molar-refractivity contribution in [2.75, 3.05) is 26.3 Å². The Kier molecular flexibility index (Phi) is 8.11. The van der Waals surface area contributed by atoms with Gasteiger partial charge in [-0.05, 0) is 49.9 Å². The molecule has 1 aliphatic carbocycles. The highest BCUT2D eigenvalue weighted by Gasteiger charge is 2.28. The van der Waals surface area contributed by atoms with Crippen LogP contribution in [0.3, 0.4) is 0 Å². The fraction of sp³-hybridized carbons (Fsp3) is 0.370. The van der Waals surface area contributed by atoms with Gasteiger partial charge in [-0.25, -0.2) is 9.07 Å². The van der Waals surface area contributed by atoms with Crippen molar-refractivity contribution in [2.45, 2.75) is 32.4 Å². The number of ether oxygens (including phenoxy) is 2. The molecular weight excluding hydrogens is 433 g/mol. The van der Waals surface area contributed by atoms with Gasteiger partial charge in [0.05, 0.1) is 36.3 Å². The monoisotopic (exact) mass is 465 g/mol. The van der Waals surface area contributed by atoms with Crippen LogP contribution in [-0.4, -0.2) is 52.2 Å². The highest BCUT2D eigenvalue weighted by Crippen LogP contribution is 2.34. The molecule has 1 aliphatic rings. The molecule has 1 saturated carbocycles. The number of halogens is 1. The molecule has 1 fully saturated rings. The van der Waals surface area contributed by atoms with Gasteiger partial charge in [0.25, 0.3) is 0 Å². The first kappa shape index (κ1) is 24.1. The van der Waals surface area contributed by atoms with Crippen molar-refractivity contribution in [2.24, 2.45) is 5.92 Å². The fourth-order valence-electron chi connectivity index (χ4n) is 3.94. The van der Waals surface area contributed by atoms with E-state index < -0.39 is 6.10 Å². The normalized spacial score (nSPS) is 14.4. The molecular formula is C27H32FN3O3. The smallest absolute Gasteiger partial charge is 0.227 e. The molecule has 0 saturated heterocycles. The zero-order valence-corrected chi connectivity index (χ0v) is 19.6. The van der Waals surface area contributed by atoms with Gasteiger partial charge in [-0.2, -0.15) is 5.10 Å². The Balaban J connectivity index is 1.63. The third-order valence-electron chi connectivity index (χ3n) is 5.76. The second kappa shape index (κ2) is 11.4. The molecule has 6 nitrogen and oxygen atoms in total. The highest BCUT2D eigenvalue weighted by atomic mass is 19.1. The molecule has 0 bridgehead atoms. The van der Waals surface area contributed by atoms with Crippen molar-refractivity contribution < 1.29 is 19.0 Å². The number of aromatic nitrogens is 2. The molecule has 0 aliphatic heterocycles. The van der Waals surface area contributed by atoms with E-state index in [1.54, 1.807) is 22.9 Å². The maximum atomic E-state index is 13.9. The molecule has 2 aromatic carbocycles. The maximum Gasteiger partial charge on any atom is 0.227 e. The minimum Gasteiger partial charge on any atom is -0.438 e. The molecule has 1 N–H and O–H groups in total. The number of hydrogen-bond donors (Lipinski definition) is 1. The van der Waals surface area contributed by atoms with Gasteiger partial charge in [0.1, 0.15) is 11.6 Å². The van der Waals surface area contributed by atoms with Gasteiger partial charge in [-0.15, -0.1) is 6.58 Å². The molecule has 0 amide bonds. The van der Waals surface area contributed by atoms with Crippen LogP contribution >= 0.6 is 0 Å². The van der Waals surface area contributed by atoms with Crippen LogP contribution in [0.15, 0.2) is 67.3 Å². The Morgan fingerprint density at radius 2 is 2.03 bits per heavy atom. The maximum absolute atomic E-state index is 13.9. The lowest BCUT2D eigenvalue weighted by Crippen LogP contribution is -2.36. The van der Waals surface area contributed by atoms with E-state index in [1.165, 1.54) is 25.0 Å². The van der Waals surface area contributed by atoms with Crippen LogP contribution in [0.25, 0.3) is 5.69 Å². The molecule has 0 radical (unpaired) electrons. The summed E-state index contributed by atoms with van der Waals surface area (Å²) in [5, 5.41) is 15.3. The Hall–Kier alpha value is -3.00. The molecule has 34 heavy (non-hydrogen) atoms. The topological polar surface area (TPSA) is 59.8 Å². The van der Waals surface area contributed by atoms with E-state index in [-0.39, 0.29) is 12.4 Å². The SMILES string of the molecule is C=CCOC[C@H](O)CN(Cc1c(C)nn(-c2ccccc2)c1Oc1cccc(F)c1)CC1CC1. The van der Waals surface area contributed by atoms with Crippen LogP contribution in [0.4, 0.5) is 4.39 Å². The van der Waals surface area contributed by atoms with Gasteiger partial charge in [-0.3, -0.25) is 4.90 Å². The number of para-hydroxylation sites is 1. The lowest BCUT2D eigenvalue weighted by Gasteiger charge is -2.25. The molecule has 180 valence electrons. The average molecular weight is 466 g/mol. The Labute approximate surface area is 200 Å². The van der Waals surface area contributed by atoms with Crippen molar-refractivity contribution in [3.63, 3.8) is 0 Å². The lowest BCUT2D eigenvalue weighted by molar-refractivity contribution is 0.0235. The van der Waals surface area contributed by atoms with Crippen molar-refractivity contribution in [1.82, 2.24) is 14.7 Å². The average Bonchev–Trinajstić information content (AvgIpc) is 3.59. The number of hydrogen-bond acceptors (Lipinski definition) is 5. The van der Waals surface area contributed by atoms with Crippen LogP contribution in [-0.2, 0) is 11.3 Å². The van der Waals surface area contributed by atoms with E-state index in [0.29, 0.717) is 37.2 Å². The summed E-state index contributed by atoms with van der Waals surface area (Å²) in [6.45, 7) is 8.17. The van der Waals surface area contributed by atoms with Crippen molar-refractivity contribution in [3.05, 3.63) is 84.3 Å². The molecule has 1 aromatic heterocycles. The first-order valence-corrected chi connectivity index (χ1v) is 11.7. The summed E-state index contributed by atoms with van der Waals surface area (Å²) < 4.78 is 27.3. The van der Waals surface area contributed by atoms with Crippen LogP contribution in [0, 0.1) is 18.7 Å². The number of aliphatic hydroxyl groups excluding tert-OH is 1. The first-order chi connectivity index (χ1) is 16.5. The molecule has 0 spiro atoms. The second-order valence-corrected chi connectivity index (χ2v) is 8.79. The Bertz CT molecular complexity index is 1080. The van der Waals surface area contributed by atoms with Gasteiger partial charge in [0, 0.05) is 25.7 Å².